The summed E-state index contributed by atoms with van der Waals surface area (Å²) in [4.78, 5) is 2.22. The third-order valence-electron chi connectivity index (χ3n) is 3.14. The molecule has 3 rings (SSSR count). The molecule has 1 aliphatic heterocycles. The highest BCUT2D eigenvalue weighted by Crippen LogP contribution is 2.40. The summed E-state index contributed by atoms with van der Waals surface area (Å²) < 4.78 is 8.00. The van der Waals surface area contributed by atoms with Gasteiger partial charge in [0.2, 0.25) is 0 Å². The van der Waals surface area contributed by atoms with Gasteiger partial charge in [-0.05, 0) is 53.1 Å². The standard InChI is InChI=1S/C13H13BIN2O/c1-10-6-3-4-7-11(10)17-13-12(18-14(17)15)8-5-9-16(13)2/h3-9H,1-2H3/q+1. The molecule has 2 heterocycles. The molecule has 0 saturated carbocycles. The van der Waals surface area contributed by atoms with Gasteiger partial charge in [-0.3, -0.25) is 0 Å². The number of halogens is 1. The summed E-state index contributed by atoms with van der Waals surface area (Å²) in [6.07, 6.45) is 2.04. The maximum atomic E-state index is 5.90. The fourth-order valence-electron chi connectivity index (χ4n) is 2.27. The van der Waals surface area contributed by atoms with Crippen LogP contribution in [0.3, 0.4) is 0 Å². The molecule has 0 fully saturated rings. The quantitative estimate of drug-likeness (QED) is 0.446. The Hall–Kier alpha value is -1.24. The van der Waals surface area contributed by atoms with Crippen LogP contribution in [-0.4, -0.2) is 4.91 Å². The highest BCUT2D eigenvalue weighted by atomic mass is 127. The van der Waals surface area contributed by atoms with Crippen molar-refractivity contribution in [2.24, 2.45) is 7.05 Å². The minimum atomic E-state index is -0.00713. The molecular weight excluding hydrogens is 338 g/mol. The molecule has 0 amide bonds. The van der Waals surface area contributed by atoms with Crippen molar-refractivity contribution in [1.29, 1.82) is 0 Å². The van der Waals surface area contributed by atoms with Gasteiger partial charge in [-0.15, -0.1) is 0 Å². The zero-order chi connectivity index (χ0) is 12.7. The highest BCUT2D eigenvalue weighted by Gasteiger charge is 2.46. The van der Waals surface area contributed by atoms with Crippen LogP contribution < -0.4 is 14.0 Å². The summed E-state index contributed by atoms with van der Waals surface area (Å²) in [5.41, 5.74) is 2.44. The van der Waals surface area contributed by atoms with Gasteiger partial charge < -0.3 is 4.65 Å². The number of nitrogens with zero attached hydrogens (tertiary/aromatic N) is 2. The number of hydrogen-bond acceptors (Lipinski definition) is 2. The Morgan fingerprint density at radius 2 is 2.00 bits per heavy atom. The number of benzene rings is 1. The lowest BCUT2D eigenvalue weighted by Gasteiger charge is -2.14. The zero-order valence-corrected chi connectivity index (χ0v) is 12.5. The van der Waals surface area contributed by atoms with E-state index in [0.717, 1.165) is 11.6 Å². The third kappa shape index (κ3) is 1.77. The smallest absolute Gasteiger partial charge is 0.507 e. The normalized spacial score (nSPS) is 13.5. The first-order valence-corrected chi connectivity index (χ1v) is 7.07. The van der Waals surface area contributed by atoms with Crippen molar-refractivity contribution in [2.45, 2.75) is 6.92 Å². The fraction of sp³-hybridized carbons (Fsp3) is 0.154. The van der Waals surface area contributed by atoms with Gasteiger partial charge in [0.05, 0.1) is 13.2 Å². The first kappa shape index (κ1) is 11.8. The molecule has 2 aromatic rings. The maximum absolute atomic E-state index is 5.90. The molecule has 0 atom stereocenters. The number of rotatable bonds is 1. The molecule has 5 heteroatoms. The molecule has 0 saturated heterocycles. The first-order chi connectivity index (χ1) is 8.68. The summed E-state index contributed by atoms with van der Waals surface area (Å²) in [6, 6.07) is 12.4. The lowest BCUT2D eigenvalue weighted by atomic mass is 10.1. The summed E-state index contributed by atoms with van der Waals surface area (Å²) in [5.74, 6) is 2.04. The van der Waals surface area contributed by atoms with Crippen molar-refractivity contribution in [3.63, 3.8) is 0 Å². The van der Waals surface area contributed by atoms with Crippen molar-refractivity contribution in [2.75, 3.05) is 4.81 Å². The molecule has 0 N–H and O–H groups in total. The molecule has 0 aliphatic carbocycles. The van der Waals surface area contributed by atoms with E-state index >= 15 is 0 Å². The fourth-order valence-corrected chi connectivity index (χ4v) is 3.11. The van der Waals surface area contributed by atoms with Gasteiger partial charge in [-0.2, -0.15) is 0 Å². The predicted octanol–water partition coefficient (Wildman–Crippen LogP) is 2.77. The van der Waals surface area contributed by atoms with Crippen LogP contribution in [0.2, 0.25) is 0 Å². The largest absolute Gasteiger partial charge is 0.683 e. The van der Waals surface area contributed by atoms with Crippen LogP contribution in [0.15, 0.2) is 42.6 Å². The van der Waals surface area contributed by atoms with Crippen LogP contribution in [0.4, 0.5) is 11.5 Å². The highest BCUT2D eigenvalue weighted by molar-refractivity contribution is 14.1. The number of aromatic nitrogens is 1. The minimum Gasteiger partial charge on any atom is -0.507 e. The van der Waals surface area contributed by atoms with Crippen molar-refractivity contribution in [1.82, 2.24) is 0 Å². The Kier molecular flexibility index (Phi) is 2.93. The Labute approximate surface area is 120 Å². The van der Waals surface area contributed by atoms with Gasteiger partial charge in [0, 0.05) is 0 Å². The van der Waals surface area contributed by atoms with Crippen LogP contribution in [0, 0.1) is 6.92 Å². The summed E-state index contributed by atoms with van der Waals surface area (Å²) in [6.45, 7) is 2.12. The van der Waals surface area contributed by atoms with E-state index in [-0.39, 0.29) is 4.91 Å². The van der Waals surface area contributed by atoms with E-state index < -0.39 is 0 Å². The Bertz CT molecular complexity index is 605. The monoisotopic (exact) mass is 351 g/mol. The van der Waals surface area contributed by atoms with Gasteiger partial charge in [0.1, 0.15) is 5.69 Å². The SMILES string of the molecule is Cc1ccccc1N1B(I)Oc2ccc[n+](C)c21. The second-order valence-corrected chi connectivity index (χ2v) is 5.44. The number of anilines is 2. The lowest BCUT2D eigenvalue weighted by Crippen LogP contribution is -2.39. The lowest BCUT2D eigenvalue weighted by molar-refractivity contribution is -0.657. The van der Waals surface area contributed by atoms with Crippen LogP contribution in [0.5, 0.6) is 5.75 Å². The van der Waals surface area contributed by atoms with Gasteiger partial charge in [-0.1, -0.05) is 18.2 Å². The Morgan fingerprint density at radius 3 is 2.78 bits per heavy atom. The minimum absolute atomic E-state index is 0.00713. The number of para-hydroxylation sites is 1. The topological polar surface area (TPSA) is 16.4 Å². The number of aryl methyl sites for hydroxylation is 2. The van der Waals surface area contributed by atoms with Crippen LogP contribution in [0.1, 0.15) is 5.56 Å². The molecule has 0 radical (unpaired) electrons. The molecule has 0 bridgehead atoms. The second kappa shape index (κ2) is 4.46. The number of pyridine rings is 1. The van der Waals surface area contributed by atoms with Gasteiger partial charge in [0.25, 0.3) is 0 Å². The summed E-state index contributed by atoms with van der Waals surface area (Å²) >= 11 is 2.32. The molecule has 0 unspecified atom stereocenters. The van der Waals surface area contributed by atoms with E-state index in [2.05, 4.69) is 62.9 Å². The van der Waals surface area contributed by atoms with Crippen LogP contribution in [-0.2, 0) is 7.05 Å². The summed E-state index contributed by atoms with van der Waals surface area (Å²) in [5, 5.41) is 0. The van der Waals surface area contributed by atoms with Crippen molar-refractivity contribution >= 4 is 38.8 Å². The first-order valence-electron chi connectivity index (χ1n) is 5.83. The predicted molar refractivity (Wildman–Crippen MR) is 81.3 cm³/mol. The van der Waals surface area contributed by atoms with Crippen molar-refractivity contribution < 1.29 is 9.22 Å². The van der Waals surface area contributed by atoms with Crippen LogP contribution in [0.25, 0.3) is 0 Å². The molecule has 3 nitrogen and oxygen atoms in total. The molecule has 1 aromatic carbocycles. The molecule has 1 aliphatic rings. The van der Waals surface area contributed by atoms with E-state index in [4.69, 9.17) is 4.65 Å². The number of fused-ring (bicyclic) bond motifs is 1. The zero-order valence-electron chi connectivity index (χ0n) is 10.3. The van der Waals surface area contributed by atoms with E-state index in [1.54, 1.807) is 0 Å². The molecule has 0 spiro atoms. The van der Waals surface area contributed by atoms with E-state index in [0.29, 0.717) is 0 Å². The second-order valence-electron chi connectivity index (χ2n) is 4.37. The van der Waals surface area contributed by atoms with Crippen molar-refractivity contribution in [3.8, 4) is 5.75 Å². The molecule has 1 aromatic heterocycles. The maximum Gasteiger partial charge on any atom is 0.683 e. The molecule has 18 heavy (non-hydrogen) atoms. The molecular formula is C13H13BIN2O+. The van der Waals surface area contributed by atoms with E-state index in [1.165, 1.54) is 11.3 Å². The van der Waals surface area contributed by atoms with E-state index in [1.807, 2.05) is 25.4 Å². The average Bonchev–Trinajstić information content (AvgIpc) is 2.68. The number of hydrogen-bond donors (Lipinski definition) is 0. The van der Waals surface area contributed by atoms with Gasteiger partial charge in [0.15, 0.2) is 5.75 Å². The van der Waals surface area contributed by atoms with Gasteiger partial charge >= 0.3 is 10.7 Å². The Morgan fingerprint density at radius 1 is 1.22 bits per heavy atom. The Balaban J connectivity index is 2.18. The van der Waals surface area contributed by atoms with E-state index in [9.17, 15) is 0 Å². The van der Waals surface area contributed by atoms with Gasteiger partial charge in [-0.25, -0.2) is 9.38 Å². The van der Waals surface area contributed by atoms with Crippen LogP contribution >= 0.6 is 22.4 Å². The van der Waals surface area contributed by atoms with Crippen molar-refractivity contribution in [3.05, 3.63) is 48.2 Å². The third-order valence-corrected chi connectivity index (χ3v) is 3.95. The molecule has 90 valence electrons. The summed E-state index contributed by atoms with van der Waals surface area (Å²) in [7, 11) is 2.04. The average molecular weight is 351 g/mol.